The van der Waals surface area contributed by atoms with Crippen molar-refractivity contribution in [1.29, 1.82) is 0 Å². The van der Waals surface area contributed by atoms with Gasteiger partial charge in [-0.05, 0) is 0 Å². The van der Waals surface area contributed by atoms with Gasteiger partial charge in [0.1, 0.15) is 47.4 Å². The van der Waals surface area contributed by atoms with Gasteiger partial charge in [0, 0.05) is 0 Å². The molecule has 1 heterocycles. The van der Waals surface area contributed by atoms with Gasteiger partial charge in [-0.3, -0.25) is 0 Å². The highest BCUT2D eigenvalue weighted by atomic mass is 127. The molecule has 1 fully saturated rings. The zero-order valence-electron chi connectivity index (χ0n) is 6.26. The largest absolute Gasteiger partial charge is 0.388 e. The molecule has 0 aromatic carbocycles. The fourth-order valence-corrected chi connectivity index (χ4v) is 1.43. The van der Waals surface area contributed by atoms with E-state index < -0.39 is 24.4 Å². The summed E-state index contributed by atoms with van der Waals surface area (Å²) < 4.78 is 9.75. The van der Waals surface area contributed by atoms with Crippen LogP contribution in [0.1, 0.15) is 0 Å². The summed E-state index contributed by atoms with van der Waals surface area (Å²) in [6.07, 6.45) is -3.79. The summed E-state index contributed by atoms with van der Waals surface area (Å²) in [5.41, 5.74) is 0. The average molecular weight is 290 g/mol. The SMILES string of the molecule is O[C@@H]1[C@@H](O)[C@@H](COI)OC[C@H]1O. The van der Waals surface area contributed by atoms with Gasteiger partial charge in [0.25, 0.3) is 0 Å². The molecule has 6 heteroatoms. The summed E-state index contributed by atoms with van der Waals surface area (Å²) in [5, 5.41) is 27.6. The maximum Gasteiger partial charge on any atom is 0.111 e. The van der Waals surface area contributed by atoms with Crippen molar-refractivity contribution in [3.63, 3.8) is 0 Å². The quantitative estimate of drug-likeness (QED) is 0.559. The van der Waals surface area contributed by atoms with E-state index in [2.05, 4.69) is 0 Å². The van der Waals surface area contributed by atoms with Crippen molar-refractivity contribution < 1.29 is 23.1 Å². The highest BCUT2D eigenvalue weighted by Crippen LogP contribution is 2.16. The summed E-state index contributed by atoms with van der Waals surface area (Å²) in [4.78, 5) is 0. The van der Waals surface area contributed by atoms with Crippen molar-refractivity contribution in [2.24, 2.45) is 0 Å². The summed E-state index contributed by atoms with van der Waals surface area (Å²) in [5.74, 6) is 0. The lowest BCUT2D eigenvalue weighted by molar-refractivity contribution is -0.191. The number of aliphatic hydroxyl groups is 3. The molecule has 4 atom stereocenters. The van der Waals surface area contributed by atoms with E-state index >= 15 is 0 Å². The number of hydrogen-bond acceptors (Lipinski definition) is 5. The Morgan fingerprint density at radius 3 is 2.58 bits per heavy atom. The molecule has 1 aliphatic heterocycles. The molecule has 0 bridgehead atoms. The fraction of sp³-hybridized carbons (Fsp3) is 1.00. The summed E-state index contributed by atoms with van der Waals surface area (Å²) >= 11 is 1.68. The predicted molar refractivity (Wildman–Crippen MR) is 47.7 cm³/mol. The van der Waals surface area contributed by atoms with Crippen molar-refractivity contribution in [2.45, 2.75) is 24.4 Å². The number of rotatable bonds is 2. The molecule has 0 amide bonds. The van der Waals surface area contributed by atoms with Crippen molar-refractivity contribution >= 4 is 23.0 Å². The van der Waals surface area contributed by atoms with E-state index in [4.69, 9.17) is 12.9 Å². The highest BCUT2D eigenvalue weighted by molar-refractivity contribution is 14.1. The fourth-order valence-electron chi connectivity index (χ4n) is 1.08. The molecule has 0 aromatic rings. The summed E-state index contributed by atoms with van der Waals surface area (Å²) in [7, 11) is 0. The highest BCUT2D eigenvalue weighted by Gasteiger charge is 2.37. The molecule has 1 aliphatic rings. The molecule has 0 aliphatic carbocycles. The number of ether oxygens (including phenoxy) is 1. The van der Waals surface area contributed by atoms with E-state index in [-0.39, 0.29) is 13.2 Å². The zero-order valence-corrected chi connectivity index (χ0v) is 8.42. The van der Waals surface area contributed by atoms with Crippen molar-refractivity contribution in [3.8, 4) is 0 Å². The second-order valence-corrected chi connectivity index (χ2v) is 3.32. The summed E-state index contributed by atoms with van der Waals surface area (Å²) in [6.45, 7) is 0.231. The predicted octanol–water partition coefficient (Wildman–Crippen LogP) is -1.17. The minimum atomic E-state index is -1.14. The lowest BCUT2D eigenvalue weighted by Crippen LogP contribution is -2.54. The van der Waals surface area contributed by atoms with Gasteiger partial charge in [-0.1, -0.05) is 0 Å². The molecule has 0 spiro atoms. The van der Waals surface area contributed by atoms with E-state index in [1.165, 1.54) is 0 Å². The molecule has 0 saturated carbocycles. The Morgan fingerprint density at radius 2 is 2.00 bits per heavy atom. The van der Waals surface area contributed by atoms with E-state index in [0.717, 1.165) is 0 Å². The molecule has 0 radical (unpaired) electrons. The van der Waals surface area contributed by atoms with Crippen molar-refractivity contribution in [3.05, 3.63) is 0 Å². The van der Waals surface area contributed by atoms with Crippen LogP contribution < -0.4 is 0 Å². The Labute approximate surface area is 84.0 Å². The molecule has 1 rings (SSSR count). The van der Waals surface area contributed by atoms with E-state index in [1.807, 2.05) is 0 Å². The monoisotopic (exact) mass is 290 g/mol. The lowest BCUT2D eigenvalue weighted by atomic mass is 10.0. The first-order chi connectivity index (χ1) is 5.66. The van der Waals surface area contributed by atoms with E-state index in [9.17, 15) is 10.2 Å². The first kappa shape index (κ1) is 10.6. The smallest absolute Gasteiger partial charge is 0.111 e. The topological polar surface area (TPSA) is 79.2 Å². The van der Waals surface area contributed by atoms with Crippen LogP contribution in [0.15, 0.2) is 0 Å². The van der Waals surface area contributed by atoms with Crippen LogP contribution in [0.3, 0.4) is 0 Å². The molecule has 72 valence electrons. The molecule has 5 nitrogen and oxygen atoms in total. The van der Waals surface area contributed by atoms with Crippen LogP contribution in [0.4, 0.5) is 0 Å². The second-order valence-electron chi connectivity index (χ2n) is 2.70. The third-order valence-corrected chi connectivity index (χ3v) is 2.19. The molecule has 1 saturated heterocycles. The minimum absolute atomic E-state index is 0.0306. The maximum absolute atomic E-state index is 9.32. The molecule has 12 heavy (non-hydrogen) atoms. The van der Waals surface area contributed by atoms with Crippen LogP contribution in [-0.4, -0.2) is 52.9 Å². The summed E-state index contributed by atoms with van der Waals surface area (Å²) in [6, 6.07) is 0. The standard InChI is InChI=1S/C6H11IO5/c7-12-2-4-6(10)5(9)3(8)1-11-4/h3-6,8-10H,1-2H2/t3-,4-,5+,6+/m1/s1. The van der Waals surface area contributed by atoms with E-state index in [0.29, 0.717) is 0 Å². The molecular weight excluding hydrogens is 279 g/mol. The normalized spacial score (nSPS) is 43.0. The third kappa shape index (κ3) is 2.27. The Kier molecular flexibility index (Phi) is 4.14. The third-order valence-electron chi connectivity index (χ3n) is 1.83. The van der Waals surface area contributed by atoms with Gasteiger partial charge in [-0.2, -0.15) is 0 Å². The van der Waals surface area contributed by atoms with E-state index in [1.54, 1.807) is 23.0 Å². The van der Waals surface area contributed by atoms with Crippen LogP contribution in [0, 0.1) is 0 Å². The van der Waals surface area contributed by atoms with Gasteiger partial charge in [0.2, 0.25) is 0 Å². The van der Waals surface area contributed by atoms with Crippen LogP contribution >= 0.6 is 23.0 Å². The van der Waals surface area contributed by atoms with Gasteiger partial charge in [0.15, 0.2) is 0 Å². The first-order valence-electron chi connectivity index (χ1n) is 3.56. The van der Waals surface area contributed by atoms with Crippen LogP contribution in [-0.2, 0) is 7.80 Å². The maximum atomic E-state index is 9.32. The van der Waals surface area contributed by atoms with Crippen molar-refractivity contribution in [2.75, 3.05) is 13.2 Å². The van der Waals surface area contributed by atoms with Crippen LogP contribution in [0.25, 0.3) is 0 Å². The van der Waals surface area contributed by atoms with Gasteiger partial charge in [0.05, 0.1) is 13.2 Å². The number of aliphatic hydroxyl groups excluding tert-OH is 3. The molecule has 0 aromatic heterocycles. The Balaban J connectivity index is 2.46. The first-order valence-corrected chi connectivity index (χ1v) is 4.44. The van der Waals surface area contributed by atoms with Gasteiger partial charge in [-0.25, -0.2) is 0 Å². The second kappa shape index (κ2) is 4.68. The molecule has 0 unspecified atom stereocenters. The molecular formula is C6H11IO5. The minimum Gasteiger partial charge on any atom is -0.388 e. The number of halogens is 1. The van der Waals surface area contributed by atoms with Crippen molar-refractivity contribution in [1.82, 2.24) is 0 Å². The zero-order chi connectivity index (χ0) is 9.14. The number of hydrogen-bond donors (Lipinski definition) is 3. The van der Waals surface area contributed by atoms with Gasteiger partial charge >= 0.3 is 0 Å². The van der Waals surface area contributed by atoms with Gasteiger partial charge in [-0.15, -0.1) is 0 Å². The van der Waals surface area contributed by atoms with Crippen LogP contribution in [0.5, 0.6) is 0 Å². The Bertz CT molecular complexity index is 144. The molecule has 3 N–H and O–H groups in total. The van der Waals surface area contributed by atoms with Crippen LogP contribution in [0.2, 0.25) is 0 Å². The van der Waals surface area contributed by atoms with Gasteiger partial charge < -0.3 is 23.1 Å². The Morgan fingerprint density at radius 1 is 1.33 bits per heavy atom. The average Bonchev–Trinajstić information content (AvgIpc) is 2.07. The Hall–Kier alpha value is 0.530. The lowest BCUT2D eigenvalue weighted by Gasteiger charge is -2.34.